The fraction of sp³-hybridized carbons (Fsp3) is 0.259. The van der Waals surface area contributed by atoms with Crippen molar-refractivity contribution in [2.75, 3.05) is 0 Å². The number of benzene rings is 2. The molecule has 2 heterocycles. The van der Waals surface area contributed by atoms with Gasteiger partial charge < -0.3 is 14.4 Å². The number of rotatable bonds is 10. The molecule has 0 spiro atoms. The minimum atomic E-state index is -1.02. The monoisotopic (exact) mass is 622 g/mol. The zero-order valence-corrected chi connectivity index (χ0v) is 23.5. The van der Waals surface area contributed by atoms with E-state index < -0.39 is 11.9 Å². The number of halogens is 4. The minimum Gasteiger partial charge on any atom is -0.494 e. The number of aliphatic hydroxyl groups excluding tert-OH is 1. The van der Waals surface area contributed by atoms with Crippen molar-refractivity contribution in [2.24, 2.45) is 0 Å². The molecule has 1 saturated carbocycles. The molecular formula is C27H22BrCl2FN2O3S. The van der Waals surface area contributed by atoms with Gasteiger partial charge in [-0.05, 0) is 49.1 Å². The third kappa shape index (κ3) is 5.64. The van der Waals surface area contributed by atoms with Crippen LogP contribution in [0.5, 0.6) is 0 Å². The molecule has 0 saturated heterocycles. The standard InChI is InChI=1S/C27H22BrCl2FN2O3S/c1-13(25(34)27-32-24-20(31)10-16(28)11-21(24)37-27)6-7-14(2)35-12-17-23(33-36-26(17)15-8-9-15)22-18(29)4-3-5-19(22)30/h3-5,10-11,15,25,34H,1-2,6-9,12H2. The highest BCUT2D eigenvalue weighted by atomic mass is 79.9. The molecule has 0 amide bonds. The smallest absolute Gasteiger partial charge is 0.151 e. The molecule has 4 aromatic rings. The minimum absolute atomic E-state index is 0.201. The second-order valence-electron chi connectivity index (χ2n) is 8.92. The largest absolute Gasteiger partial charge is 0.494 e. The van der Waals surface area contributed by atoms with E-state index in [9.17, 15) is 9.50 Å². The molecule has 2 aromatic heterocycles. The van der Waals surface area contributed by atoms with Crippen molar-refractivity contribution < 1.29 is 18.8 Å². The van der Waals surface area contributed by atoms with Gasteiger partial charge in [-0.2, -0.15) is 0 Å². The van der Waals surface area contributed by atoms with Gasteiger partial charge in [0.15, 0.2) is 5.82 Å². The first kappa shape index (κ1) is 26.4. The number of fused-ring (bicyclic) bond motifs is 1. The molecule has 0 aliphatic heterocycles. The summed E-state index contributed by atoms with van der Waals surface area (Å²) in [5.41, 5.74) is 2.76. The number of aliphatic hydroxyl groups is 1. The van der Waals surface area contributed by atoms with Crippen LogP contribution in [-0.2, 0) is 11.3 Å². The highest BCUT2D eigenvalue weighted by molar-refractivity contribution is 9.10. The summed E-state index contributed by atoms with van der Waals surface area (Å²) in [5.74, 6) is 1.17. The van der Waals surface area contributed by atoms with Crippen LogP contribution in [0.2, 0.25) is 10.0 Å². The summed E-state index contributed by atoms with van der Waals surface area (Å²) in [7, 11) is 0. The molecule has 1 fully saturated rings. The summed E-state index contributed by atoms with van der Waals surface area (Å²) >= 11 is 17.4. The van der Waals surface area contributed by atoms with Crippen molar-refractivity contribution in [3.05, 3.63) is 91.5 Å². The fourth-order valence-electron chi connectivity index (χ4n) is 4.00. The second kappa shape index (κ2) is 10.9. The molecule has 10 heteroatoms. The van der Waals surface area contributed by atoms with Crippen LogP contribution in [0, 0.1) is 5.82 Å². The van der Waals surface area contributed by atoms with E-state index in [0.29, 0.717) is 65.6 Å². The number of aromatic nitrogens is 2. The summed E-state index contributed by atoms with van der Waals surface area (Å²) in [5, 5.41) is 16.4. The van der Waals surface area contributed by atoms with E-state index in [1.807, 2.05) is 0 Å². The Kier molecular flexibility index (Phi) is 7.75. The van der Waals surface area contributed by atoms with E-state index in [4.69, 9.17) is 32.5 Å². The lowest BCUT2D eigenvalue weighted by Crippen LogP contribution is -2.02. The van der Waals surface area contributed by atoms with Gasteiger partial charge in [-0.15, -0.1) is 11.3 Å². The van der Waals surface area contributed by atoms with Crippen molar-refractivity contribution in [3.8, 4) is 11.3 Å². The number of allylic oxidation sites excluding steroid dienone is 1. The Bertz CT molecular complexity index is 1490. The van der Waals surface area contributed by atoms with Crippen LogP contribution in [0.1, 0.15) is 54.0 Å². The van der Waals surface area contributed by atoms with Crippen LogP contribution < -0.4 is 0 Å². The number of thiazole rings is 1. The highest BCUT2D eigenvalue weighted by Gasteiger charge is 2.33. The lowest BCUT2D eigenvalue weighted by Gasteiger charge is -2.14. The third-order valence-electron chi connectivity index (χ3n) is 6.16. The van der Waals surface area contributed by atoms with Crippen LogP contribution >= 0.6 is 50.5 Å². The lowest BCUT2D eigenvalue weighted by atomic mass is 10.0. The van der Waals surface area contributed by atoms with Gasteiger partial charge in [-0.3, -0.25) is 0 Å². The predicted octanol–water partition coefficient (Wildman–Crippen LogP) is 9.14. The molecule has 5 nitrogen and oxygen atoms in total. The number of ether oxygens (including phenoxy) is 1. The topological polar surface area (TPSA) is 68.4 Å². The van der Waals surface area contributed by atoms with Gasteiger partial charge in [0.25, 0.3) is 0 Å². The van der Waals surface area contributed by atoms with Crippen LogP contribution in [-0.4, -0.2) is 15.2 Å². The lowest BCUT2D eigenvalue weighted by molar-refractivity contribution is 0.183. The Hall–Kier alpha value is -2.23. The van der Waals surface area contributed by atoms with Crippen molar-refractivity contribution >= 4 is 60.7 Å². The zero-order chi connectivity index (χ0) is 26.3. The molecule has 2 aromatic carbocycles. The summed E-state index contributed by atoms with van der Waals surface area (Å²) in [6, 6.07) is 8.42. The average Bonchev–Trinajstić information content (AvgIpc) is 3.47. The first-order chi connectivity index (χ1) is 17.7. The number of nitrogens with zero attached hydrogens (tertiary/aromatic N) is 2. The Morgan fingerprint density at radius 3 is 2.68 bits per heavy atom. The summed E-state index contributed by atoms with van der Waals surface area (Å²) in [4.78, 5) is 4.28. The van der Waals surface area contributed by atoms with Crippen LogP contribution in [0.25, 0.3) is 21.5 Å². The maximum absolute atomic E-state index is 14.2. The molecule has 1 atom stereocenters. The third-order valence-corrected chi connectivity index (χ3v) is 8.30. The number of hydrogen-bond donors (Lipinski definition) is 1. The molecule has 1 aliphatic rings. The van der Waals surface area contributed by atoms with Gasteiger partial charge in [0.05, 0.1) is 26.1 Å². The Balaban J connectivity index is 1.24. The van der Waals surface area contributed by atoms with E-state index in [0.717, 1.165) is 24.2 Å². The molecule has 0 bridgehead atoms. The van der Waals surface area contributed by atoms with E-state index in [1.165, 1.54) is 17.4 Å². The van der Waals surface area contributed by atoms with Gasteiger partial charge in [-0.25, -0.2) is 9.37 Å². The van der Waals surface area contributed by atoms with E-state index in [2.05, 4.69) is 39.2 Å². The van der Waals surface area contributed by atoms with Gasteiger partial charge in [0, 0.05) is 22.4 Å². The van der Waals surface area contributed by atoms with Crippen LogP contribution in [0.3, 0.4) is 0 Å². The van der Waals surface area contributed by atoms with E-state index in [1.54, 1.807) is 24.3 Å². The van der Waals surface area contributed by atoms with Gasteiger partial charge >= 0.3 is 0 Å². The molecule has 192 valence electrons. The van der Waals surface area contributed by atoms with Gasteiger partial charge in [0.2, 0.25) is 0 Å². The molecule has 1 unspecified atom stereocenters. The van der Waals surface area contributed by atoms with Crippen molar-refractivity contribution in [1.82, 2.24) is 10.1 Å². The molecule has 0 radical (unpaired) electrons. The predicted molar refractivity (Wildman–Crippen MR) is 148 cm³/mol. The van der Waals surface area contributed by atoms with Crippen LogP contribution in [0.4, 0.5) is 4.39 Å². The second-order valence-corrected chi connectivity index (χ2v) is 11.7. The maximum Gasteiger partial charge on any atom is 0.151 e. The molecular weight excluding hydrogens is 602 g/mol. The van der Waals surface area contributed by atoms with Crippen molar-refractivity contribution in [2.45, 2.75) is 44.3 Å². The maximum atomic E-state index is 14.2. The van der Waals surface area contributed by atoms with Crippen molar-refractivity contribution in [1.29, 1.82) is 0 Å². The average molecular weight is 624 g/mol. The van der Waals surface area contributed by atoms with Crippen LogP contribution in [0.15, 0.2) is 63.8 Å². The Morgan fingerprint density at radius 2 is 1.97 bits per heavy atom. The number of hydrogen-bond acceptors (Lipinski definition) is 6. The molecule has 37 heavy (non-hydrogen) atoms. The normalized spacial score (nSPS) is 14.2. The van der Waals surface area contributed by atoms with Gasteiger partial charge in [-0.1, -0.05) is 63.5 Å². The van der Waals surface area contributed by atoms with Crippen molar-refractivity contribution in [3.63, 3.8) is 0 Å². The molecule has 5 rings (SSSR count). The first-order valence-electron chi connectivity index (χ1n) is 11.6. The Labute approximate surface area is 235 Å². The zero-order valence-electron chi connectivity index (χ0n) is 19.6. The Morgan fingerprint density at radius 1 is 1.24 bits per heavy atom. The molecule has 1 N–H and O–H groups in total. The summed E-state index contributed by atoms with van der Waals surface area (Å²) in [6.07, 6.45) is 1.90. The van der Waals surface area contributed by atoms with E-state index >= 15 is 0 Å². The summed E-state index contributed by atoms with van der Waals surface area (Å²) in [6.45, 7) is 8.23. The fourth-order valence-corrected chi connectivity index (χ4v) is 6.22. The van der Waals surface area contributed by atoms with E-state index in [-0.39, 0.29) is 12.1 Å². The molecule has 1 aliphatic carbocycles. The highest BCUT2D eigenvalue weighted by Crippen LogP contribution is 2.46. The quantitative estimate of drug-likeness (QED) is 0.141. The summed E-state index contributed by atoms with van der Waals surface area (Å²) < 4.78 is 27.1. The first-order valence-corrected chi connectivity index (χ1v) is 13.9. The van der Waals surface area contributed by atoms with Gasteiger partial charge in [0.1, 0.15) is 34.7 Å². The SMILES string of the molecule is C=C(CCC(=C)C(O)c1nc2c(F)cc(Br)cc2s1)OCc1c(-c2c(Cl)cccc2Cl)noc1C1CC1.